The largest absolute Gasteiger partial charge is 0.444 e. The minimum atomic E-state index is -0.934. The Labute approximate surface area is 126 Å². The van der Waals surface area contributed by atoms with E-state index >= 15 is 0 Å². The lowest BCUT2D eigenvalue weighted by atomic mass is 10.1. The number of hydrogen-bond donors (Lipinski definition) is 0. The highest BCUT2D eigenvalue weighted by atomic mass is 16.7. The van der Waals surface area contributed by atoms with E-state index < -0.39 is 29.6 Å². The van der Waals surface area contributed by atoms with Crippen molar-refractivity contribution >= 4 is 12.0 Å². The summed E-state index contributed by atoms with van der Waals surface area (Å²) in [5.41, 5.74) is -1.59. The normalized spacial score (nSPS) is 24.9. The number of likely N-dealkylation sites (N-methyl/N-ethyl adjacent to an activating group) is 1. The number of ether oxygens (including phenoxy) is 2. The molecule has 0 aromatic heterocycles. The molecular weight excluding hydrogens is 276 g/mol. The third kappa shape index (κ3) is 3.85. The number of nitrogens with zero attached hydrogens (tertiary/aromatic N) is 2. The summed E-state index contributed by atoms with van der Waals surface area (Å²) >= 11 is 0. The third-order valence-corrected chi connectivity index (χ3v) is 3.20. The van der Waals surface area contributed by atoms with Crippen molar-refractivity contribution in [3.63, 3.8) is 0 Å². The number of carbonyl (C=O) groups is 2. The maximum Gasteiger partial charge on any atom is 0.413 e. The fourth-order valence-corrected chi connectivity index (χ4v) is 2.35. The van der Waals surface area contributed by atoms with Crippen LogP contribution in [0.15, 0.2) is 0 Å². The minimum absolute atomic E-state index is 0.360. The Morgan fingerprint density at radius 3 is 2.24 bits per heavy atom. The maximum atomic E-state index is 12.5. The second kappa shape index (κ2) is 5.81. The molecule has 0 saturated carbocycles. The number of hydroxylamine groups is 2. The van der Waals surface area contributed by atoms with E-state index in [2.05, 4.69) is 0 Å². The van der Waals surface area contributed by atoms with E-state index in [1.54, 1.807) is 41.5 Å². The van der Waals surface area contributed by atoms with Gasteiger partial charge in [0, 0.05) is 7.05 Å². The van der Waals surface area contributed by atoms with Crippen LogP contribution in [0, 0.1) is 0 Å². The van der Waals surface area contributed by atoms with Crippen LogP contribution in [0.3, 0.4) is 0 Å². The molecule has 1 saturated heterocycles. The first kappa shape index (κ1) is 17.7. The molecule has 1 fully saturated rings. The monoisotopic (exact) mass is 302 g/mol. The standard InChI is InChI=1S/C14H26N2O5/c1-9-10(11(17)15(7)19-8)16(14(5,6)20-9)12(18)21-13(2,3)4/h9-10H,1-8H3/t9-,10+/m0/s1. The Hall–Kier alpha value is -1.34. The lowest BCUT2D eigenvalue weighted by Gasteiger charge is -2.35. The molecule has 7 heteroatoms. The van der Waals surface area contributed by atoms with Crippen LogP contribution in [0.4, 0.5) is 4.79 Å². The van der Waals surface area contributed by atoms with Crippen molar-refractivity contribution in [2.75, 3.05) is 14.2 Å². The van der Waals surface area contributed by atoms with Gasteiger partial charge >= 0.3 is 6.09 Å². The molecule has 1 aliphatic rings. The van der Waals surface area contributed by atoms with Crippen LogP contribution in [0.25, 0.3) is 0 Å². The van der Waals surface area contributed by atoms with Crippen LogP contribution in [0.1, 0.15) is 41.5 Å². The van der Waals surface area contributed by atoms with E-state index in [1.165, 1.54) is 19.1 Å². The summed E-state index contributed by atoms with van der Waals surface area (Å²) in [6, 6.07) is -0.792. The molecule has 0 spiro atoms. The van der Waals surface area contributed by atoms with Gasteiger partial charge < -0.3 is 9.47 Å². The van der Waals surface area contributed by atoms with Gasteiger partial charge in [-0.05, 0) is 41.5 Å². The van der Waals surface area contributed by atoms with E-state index in [4.69, 9.17) is 14.3 Å². The summed E-state index contributed by atoms with van der Waals surface area (Å²) in [6.07, 6.45) is -1.04. The van der Waals surface area contributed by atoms with Crippen molar-refractivity contribution < 1.29 is 23.9 Å². The fourth-order valence-electron chi connectivity index (χ4n) is 2.35. The van der Waals surface area contributed by atoms with Crippen molar-refractivity contribution in [1.29, 1.82) is 0 Å². The van der Waals surface area contributed by atoms with Crippen LogP contribution < -0.4 is 0 Å². The topological polar surface area (TPSA) is 68.3 Å². The predicted octanol–water partition coefficient (Wildman–Crippen LogP) is 1.77. The second-order valence-electron chi connectivity index (χ2n) is 6.58. The SMILES string of the molecule is CON(C)C(=O)[C@H]1[C@H](C)OC(C)(C)N1C(=O)OC(C)(C)C. The zero-order valence-corrected chi connectivity index (χ0v) is 14.1. The van der Waals surface area contributed by atoms with E-state index in [0.717, 1.165) is 5.06 Å². The zero-order chi connectivity index (χ0) is 16.6. The van der Waals surface area contributed by atoms with Gasteiger partial charge in [0.15, 0.2) is 0 Å². The van der Waals surface area contributed by atoms with Gasteiger partial charge in [-0.1, -0.05) is 0 Å². The molecule has 0 aromatic rings. The van der Waals surface area contributed by atoms with E-state index in [-0.39, 0.29) is 5.91 Å². The number of carbonyl (C=O) groups excluding carboxylic acids is 2. The quantitative estimate of drug-likeness (QED) is 0.727. The summed E-state index contributed by atoms with van der Waals surface area (Å²) in [5, 5.41) is 1.09. The maximum absolute atomic E-state index is 12.5. The predicted molar refractivity (Wildman–Crippen MR) is 76.3 cm³/mol. The summed E-state index contributed by atoms with van der Waals surface area (Å²) < 4.78 is 11.1. The van der Waals surface area contributed by atoms with Gasteiger partial charge in [-0.3, -0.25) is 14.5 Å². The molecule has 21 heavy (non-hydrogen) atoms. The van der Waals surface area contributed by atoms with Crippen molar-refractivity contribution in [1.82, 2.24) is 9.96 Å². The molecule has 2 atom stereocenters. The Kier molecular flexibility index (Phi) is 4.90. The Bertz CT molecular complexity index is 416. The highest BCUT2D eigenvalue weighted by molar-refractivity contribution is 5.86. The Balaban J connectivity index is 3.09. The highest BCUT2D eigenvalue weighted by Crippen LogP contribution is 2.34. The molecule has 0 aromatic carbocycles. The summed E-state index contributed by atoms with van der Waals surface area (Å²) in [5.74, 6) is -0.360. The molecule has 1 heterocycles. The van der Waals surface area contributed by atoms with Gasteiger partial charge in [-0.25, -0.2) is 9.86 Å². The minimum Gasteiger partial charge on any atom is -0.444 e. The molecule has 0 N–H and O–H groups in total. The van der Waals surface area contributed by atoms with Gasteiger partial charge in [-0.2, -0.15) is 0 Å². The first-order valence-electron chi connectivity index (χ1n) is 6.92. The average molecular weight is 302 g/mol. The van der Waals surface area contributed by atoms with Crippen LogP contribution in [0.2, 0.25) is 0 Å². The van der Waals surface area contributed by atoms with Crippen molar-refractivity contribution in [2.45, 2.75) is 65.0 Å². The number of hydrogen-bond acceptors (Lipinski definition) is 5. The molecule has 0 bridgehead atoms. The van der Waals surface area contributed by atoms with Crippen molar-refractivity contribution in [3.8, 4) is 0 Å². The van der Waals surface area contributed by atoms with Gasteiger partial charge in [0.25, 0.3) is 5.91 Å². The molecule has 0 radical (unpaired) electrons. The van der Waals surface area contributed by atoms with Gasteiger partial charge in [0.05, 0.1) is 13.2 Å². The van der Waals surface area contributed by atoms with E-state index in [0.29, 0.717) is 0 Å². The van der Waals surface area contributed by atoms with Crippen molar-refractivity contribution in [3.05, 3.63) is 0 Å². The Morgan fingerprint density at radius 1 is 1.29 bits per heavy atom. The van der Waals surface area contributed by atoms with Gasteiger partial charge in [0.2, 0.25) is 0 Å². The molecular formula is C14H26N2O5. The Morgan fingerprint density at radius 2 is 1.81 bits per heavy atom. The van der Waals surface area contributed by atoms with E-state index in [9.17, 15) is 9.59 Å². The lowest BCUT2D eigenvalue weighted by molar-refractivity contribution is -0.174. The van der Waals surface area contributed by atoms with Crippen LogP contribution in [-0.4, -0.2) is 59.6 Å². The summed E-state index contributed by atoms with van der Waals surface area (Å²) in [4.78, 5) is 31.1. The number of rotatable bonds is 2. The molecule has 122 valence electrons. The van der Waals surface area contributed by atoms with Crippen LogP contribution in [0.5, 0.6) is 0 Å². The van der Waals surface area contributed by atoms with Crippen molar-refractivity contribution in [2.24, 2.45) is 0 Å². The zero-order valence-electron chi connectivity index (χ0n) is 14.1. The molecule has 0 aliphatic carbocycles. The second-order valence-corrected chi connectivity index (χ2v) is 6.58. The summed E-state index contributed by atoms with van der Waals surface area (Å²) in [7, 11) is 2.88. The fraction of sp³-hybridized carbons (Fsp3) is 0.857. The number of amides is 2. The van der Waals surface area contributed by atoms with Gasteiger partial charge in [0.1, 0.15) is 17.4 Å². The average Bonchev–Trinajstić information content (AvgIpc) is 2.54. The highest BCUT2D eigenvalue weighted by Gasteiger charge is 2.53. The van der Waals surface area contributed by atoms with Crippen LogP contribution in [-0.2, 0) is 19.1 Å². The lowest BCUT2D eigenvalue weighted by Crippen LogP contribution is -2.55. The van der Waals surface area contributed by atoms with Gasteiger partial charge in [-0.15, -0.1) is 0 Å². The first-order chi connectivity index (χ1) is 9.40. The van der Waals surface area contributed by atoms with E-state index in [1.807, 2.05) is 0 Å². The third-order valence-electron chi connectivity index (χ3n) is 3.20. The molecule has 0 unspecified atom stereocenters. The molecule has 1 aliphatic heterocycles. The summed E-state index contributed by atoms with van der Waals surface area (Å²) in [6.45, 7) is 10.5. The van der Waals surface area contributed by atoms with Crippen LogP contribution >= 0.6 is 0 Å². The smallest absolute Gasteiger partial charge is 0.413 e. The molecule has 1 rings (SSSR count). The molecule has 2 amide bonds. The molecule has 7 nitrogen and oxygen atoms in total. The first-order valence-corrected chi connectivity index (χ1v) is 6.92.